The molecule has 1 atom stereocenters. The summed E-state index contributed by atoms with van der Waals surface area (Å²) in [7, 11) is 0. The zero-order valence-electron chi connectivity index (χ0n) is 15.9. The highest BCUT2D eigenvalue weighted by Gasteiger charge is 2.17. The molecule has 2 rings (SSSR count). The van der Waals surface area contributed by atoms with Gasteiger partial charge in [-0.25, -0.2) is 4.79 Å². The van der Waals surface area contributed by atoms with Gasteiger partial charge in [0.05, 0.1) is 12.2 Å². The fourth-order valence-electron chi connectivity index (χ4n) is 2.42. The lowest BCUT2D eigenvalue weighted by Gasteiger charge is -2.17. The molecule has 2 aromatic carbocycles. The van der Waals surface area contributed by atoms with Crippen molar-refractivity contribution in [3.05, 3.63) is 58.7 Å². The Kier molecular flexibility index (Phi) is 6.39. The number of hydrogen-bond donors (Lipinski definition) is 1. The Morgan fingerprint density at radius 2 is 1.73 bits per heavy atom. The molecule has 0 aromatic heterocycles. The second-order valence-electron chi connectivity index (χ2n) is 6.25. The quantitative estimate of drug-likeness (QED) is 0.789. The van der Waals surface area contributed by atoms with Crippen LogP contribution in [0.25, 0.3) is 0 Å². The number of esters is 1. The Hall–Kier alpha value is -2.82. The summed E-state index contributed by atoms with van der Waals surface area (Å²) in [5.74, 6) is 0.0280. The maximum atomic E-state index is 12.4. The van der Waals surface area contributed by atoms with Crippen LogP contribution in [0.3, 0.4) is 0 Å². The number of nitrogens with one attached hydrogen (secondary N) is 1. The van der Waals surface area contributed by atoms with Gasteiger partial charge < -0.3 is 14.8 Å². The molecule has 0 unspecified atom stereocenters. The average molecular weight is 355 g/mol. The third-order valence-electron chi connectivity index (χ3n) is 4.16. The lowest BCUT2D eigenvalue weighted by molar-refractivity contribution is -0.122. The number of hydrogen-bond acceptors (Lipinski definition) is 4. The first kappa shape index (κ1) is 19.5. The van der Waals surface area contributed by atoms with Gasteiger partial charge in [-0.05, 0) is 81.6 Å². The molecule has 0 heterocycles. The zero-order chi connectivity index (χ0) is 19.3. The standard InChI is InChI=1S/C21H25NO4/c1-6-25-21(24)17-8-10-19(15(4)11-17)22-20(23)16(5)26-18-9-7-13(2)14(3)12-18/h7-12,16H,6H2,1-5H3,(H,22,23)/t16-/m0/s1. The maximum Gasteiger partial charge on any atom is 0.338 e. The summed E-state index contributed by atoms with van der Waals surface area (Å²) < 4.78 is 10.7. The zero-order valence-corrected chi connectivity index (χ0v) is 15.9. The van der Waals surface area contributed by atoms with Crippen molar-refractivity contribution in [1.29, 1.82) is 0 Å². The van der Waals surface area contributed by atoms with E-state index in [0.29, 0.717) is 23.6 Å². The van der Waals surface area contributed by atoms with Crippen LogP contribution in [0.15, 0.2) is 36.4 Å². The Bertz CT molecular complexity index is 814. The fourth-order valence-corrected chi connectivity index (χ4v) is 2.42. The summed E-state index contributed by atoms with van der Waals surface area (Å²) >= 11 is 0. The summed E-state index contributed by atoms with van der Waals surface area (Å²) in [6.07, 6.45) is -0.652. The Labute approximate surface area is 154 Å². The van der Waals surface area contributed by atoms with Gasteiger partial charge in [-0.2, -0.15) is 0 Å². The number of benzene rings is 2. The van der Waals surface area contributed by atoms with Crippen LogP contribution in [0.4, 0.5) is 5.69 Å². The predicted molar refractivity (Wildman–Crippen MR) is 102 cm³/mol. The molecule has 0 fully saturated rings. The molecular formula is C21H25NO4. The molecule has 0 aliphatic rings. The van der Waals surface area contributed by atoms with E-state index in [1.165, 1.54) is 5.56 Å². The first-order valence-electron chi connectivity index (χ1n) is 8.64. The van der Waals surface area contributed by atoms with Gasteiger partial charge >= 0.3 is 5.97 Å². The number of ether oxygens (including phenoxy) is 2. The van der Waals surface area contributed by atoms with E-state index in [2.05, 4.69) is 5.32 Å². The third kappa shape index (κ3) is 4.85. The number of carbonyl (C=O) groups excluding carboxylic acids is 2. The van der Waals surface area contributed by atoms with Crippen molar-refractivity contribution in [3.8, 4) is 5.75 Å². The summed E-state index contributed by atoms with van der Waals surface area (Å²) in [6.45, 7) is 9.64. The molecule has 0 aliphatic carbocycles. The largest absolute Gasteiger partial charge is 0.481 e. The molecule has 0 saturated heterocycles. The smallest absolute Gasteiger partial charge is 0.338 e. The number of amides is 1. The average Bonchev–Trinajstić information content (AvgIpc) is 2.60. The van der Waals surface area contributed by atoms with Crippen molar-refractivity contribution in [2.24, 2.45) is 0 Å². The van der Waals surface area contributed by atoms with Gasteiger partial charge in [-0.1, -0.05) is 6.07 Å². The highest BCUT2D eigenvalue weighted by Crippen LogP contribution is 2.20. The SMILES string of the molecule is CCOC(=O)c1ccc(NC(=O)[C@H](C)Oc2ccc(C)c(C)c2)c(C)c1. The molecule has 26 heavy (non-hydrogen) atoms. The molecule has 1 amide bonds. The third-order valence-corrected chi connectivity index (χ3v) is 4.16. The van der Waals surface area contributed by atoms with Gasteiger partial charge in [0, 0.05) is 5.69 Å². The molecule has 5 heteroatoms. The highest BCUT2D eigenvalue weighted by molar-refractivity contribution is 5.96. The Morgan fingerprint density at radius 3 is 2.35 bits per heavy atom. The number of aryl methyl sites for hydroxylation is 3. The van der Waals surface area contributed by atoms with E-state index >= 15 is 0 Å². The lowest BCUT2D eigenvalue weighted by atomic mass is 10.1. The first-order valence-corrected chi connectivity index (χ1v) is 8.64. The molecule has 0 spiro atoms. The van der Waals surface area contributed by atoms with Crippen LogP contribution >= 0.6 is 0 Å². The molecule has 0 radical (unpaired) electrons. The Balaban J connectivity index is 2.04. The van der Waals surface area contributed by atoms with Crippen molar-refractivity contribution in [3.63, 3.8) is 0 Å². The number of carbonyl (C=O) groups is 2. The van der Waals surface area contributed by atoms with Crippen LogP contribution in [0.5, 0.6) is 5.75 Å². The minimum Gasteiger partial charge on any atom is -0.481 e. The second kappa shape index (κ2) is 8.52. The summed E-state index contributed by atoms with van der Waals surface area (Å²) in [5, 5.41) is 2.84. The van der Waals surface area contributed by atoms with Gasteiger partial charge in [0.2, 0.25) is 0 Å². The van der Waals surface area contributed by atoms with E-state index < -0.39 is 6.10 Å². The van der Waals surface area contributed by atoms with Crippen molar-refractivity contribution >= 4 is 17.6 Å². The normalized spacial score (nSPS) is 11.6. The number of anilines is 1. The van der Waals surface area contributed by atoms with Crippen LogP contribution in [0, 0.1) is 20.8 Å². The number of rotatable bonds is 6. The van der Waals surface area contributed by atoms with Crippen molar-refractivity contribution in [2.75, 3.05) is 11.9 Å². The molecule has 2 aromatic rings. The maximum absolute atomic E-state index is 12.4. The molecule has 0 aliphatic heterocycles. The van der Waals surface area contributed by atoms with E-state index in [9.17, 15) is 9.59 Å². The van der Waals surface area contributed by atoms with E-state index in [-0.39, 0.29) is 11.9 Å². The highest BCUT2D eigenvalue weighted by atomic mass is 16.5. The summed E-state index contributed by atoms with van der Waals surface area (Å²) in [6, 6.07) is 10.8. The van der Waals surface area contributed by atoms with Crippen molar-refractivity contribution < 1.29 is 19.1 Å². The molecule has 1 N–H and O–H groups in total. The van der Waals surface area contributed by atoms with Gasteiger partial charge in [0.25, 0.3) is 5.91 Å². The first-order chi connectivity index (χ1) is 12.3. The topological polar surface area (TPSA) is 64.6 Å². The Morgan fingerprint density at radius 1 is 1.00 bits per heavy atom. The van der Waals surface area contributed by atoms with Crippen LogP contribution in [-0.2, 0) is 9.53 Å². The summed E-state index contributed by atoms with van der Waals surface area (Å²) in [4.78, 5) is 24.2. The summed E-state index contributed by atoms with van der Waals surface area (Å²) in [5.41, 5.74) is 4.16. The van der Waals surface area contributed by atoms with Crippen molar-refractivity contribution in [1.82, 2.24) is 0 Å². The van der Waals surface area contributed by atoms with Crippen molar-refractivity contribution in [2.45, 2.75) is 40.7 Å². The van der Waals surface area contributed by atoms with Crippen LogP contribution in [0.2, 0.25) is 0 Å². The molecule has 138 valence electrons. The predicted octanol–water partition coefficient (Wildman–Crippen LogP) is 4.19. The molecule has 5 nitrogen and oxygen atoms in total. The monoisotopic (exact) mass is 355 g/mol. The fraction of sp³-hybridized carbons (Fsp3) is 0.333. The van der Waals surface area contributed by atoms with E-state index in [1.807, 2.05) is 39.0 Å². The van der Waals surface area contributed by atoms with E-state index in [1.54, 1.807) is 32.0 Å². The minimum absolute atomic E-state index is 0.254. The minimum atomic E-state index is -0.652. The van der Waals surface area contributed by atoms with E-state index in [4.69, 9.17) is 9.47 Å². The molecule has 0 saturated carbocycles. The van der Waals surface area contributed by atoms with Crippen LogP contribution < -0.4 is 10.1 Å². The van der Waals surface area contributed by atoms with E-state index in [0.717, 1.165) is 11.1 Å². The van der Waals surface area contributed by atoms with Gasteiger partial charge in [-0.3, -0.25) is 4.79 Å². The van der Waals surface area contributed by atoms with Gasteiger partial charge in [0.1, 0.15) is 5.75 Å². The van der Waals surface area contributed by atoms with Gasteiger partial charge in [-0.15, -0.1) is 0 Å². The second-order valence-corrected chi connectivity index (χ2v) is 6.25. The van der Waals surface area contributed by atoms with Crippen LogP contribution in [-0.4, -0.2) is 24.6 Å². The molecular weight excluding hydrogens is 330 g/mol. The lowest BCUT2D eigenvalue weighted by Crippen LogP contribution is -2.30. The van der Waals surface area contributed by atoms with Crippen LogP contribution in [0.1, 0.15) is 40.9 Å². The van der Waals surface area contributed by atoms with Gasteiger partial charge in [0.15, 0.2) is 6.10 Å². The molecule has 0 bridgehead atoms.